The molecule has 1 aliphatic heterocycles. The number of nitrogens with one attached hydrogen (secondary N) is 1. The average Bonchev–Trinajstić information content (AvgIpc) is 3.25. The van der Waals surface area contributed by atoms with E-state index in [1.165, 1.54) is 0 Å². The molecular formula is C18H16N4OS. The molecule has 6 heteroatoms. The van der Waals surface area contributed by atoms with Crippen molar-refractivity contribution in [1.82, 2.24) is 20.2 Å². The van der Waals surface area contributed by atoms with Gasteiger partial charge in [0.1, 0.15) is 11.8 Å². The lowest BCUT2D eigenvalue weighted by atomic mass is 10.0. The zero-order valence-corrected chi connectivity index (χ0v) is 13.7. The minimum absolute atomic E-state index is 0.0531. The molecule has 0 radical (unpaired) electrons. The first-order valence-corrected chi connectivity index (χ1v) is 8.14. The first kappa shape index (κ1) is 14.8. The van der Waals surface area contributed by atoms with Crippen LogP contribution in [0.4, 0.5) is 0 Å². The van der Waals surface area contributed by atoms with Gasteiger partial charge >= 0.3 is 0 Å². The molecule has 24 heavy (non-hydrogen) atoms. The molecule has 0 aliphatic carbocycles. The Kier molecular flexibility index (Phi) is 3.96. The van der Waals surface area contributed by atoms with Crippen LogP contribution in [0.3, 0.4) is 0 Å². The van der Waals surface area contributed by atoms with Gasteiger partial charge in [-0.2, -0.15) is 0 Å². The molecule has 1 aliphatic rings. The maximum Gasteiger partial charge on any atom is 0.170 e. The summed E-state index contributed by atoms with van der Waals surface area (Å²) in [6.45, 7) is 0.661. The number of thiocarbonyl (C=S) groups is 1. The Morgan fingerprint density at radius 2 is 2.08 bits per heavy atom. The van der Waals surface area contributed by atoms with Crippen LogP contribution < -0.4 is 5.32 Å². The van der Waals surface area contributed by atoms with Crippen molar-refractivity contribution in [2.75, 3.05) is 0 Å². The van der Waals surface area contributed by atoms with E-state index in [0.29, 0.717) is 11.7 Å². The molecule has 4 rings (SSSR count). The summed E-state index contributed by atoms with van der Waals surface area (Å²) in [7, 11) is 0. The van der Waals surface area contributed by atoms with Crippen molar-refractivity contribution in [3.8, 4) is 0 Å². The molecule has 3 aromatic rings. The Labute approximate surface area is 145 Å². The molecule has 0 aromatic carbocycles. The number of nitrogens with zero attached hydrogens (tertiary/aromatic N) is 3. The van der Waals surface area contributed by atoms with Gasteiger partial charge in [-0.25, -0.2) is 0 Å². The Morgan fingerprint density at radius 1 is 1.12 bits per heavy atom. The first-order valence-electron chi connectivity index (χ1n) is 7.73. The van der Waals surface area contributed by atoms with Crippen molar-refractivity contribution in [1.29, 1.82) is 0 Å². The lowest BCUT2D eigenvalue weighted by Gasteiger charge is -2.25. The molecule has 0 spiro atoms. The molecule has 0 amide bonds. The van der Waals surface area contributed by atoms with E-state index in [1.807, 2.05) is 48.7 Å². The van der Waals surface area contributed by atoms with Gasteiger partial charge in [0.15, 0.2) is 5.11 Å². The van der Waals surface area contributed by atoms with Crippen LogP contribution in [0.2, 0.25) is 0 Å². The van der Waals surface area contributed by atoms with Crippen LogP contribution in [0.15, 0.2) is 71.7 Å². The topological polar surface area (TPSA) is 54.2 Å². The molecular weight excluding hydrogens is 320 g/mol. The van der Waals surface area contributed by atoms with E-state index in [0.717, 1.165) is 17.0 Å². The van der Waals surface area contributed by atoms with Crippen molar-refractivity contribution in [3.63, 3.8) is 0 Å². The molecule has 3 aromatic heterocycles. The highest BCUT2D eigenvalue weighted by Gasteiger charge is 2.41. The van der Waals surface area contributed by atoms with Gasteiger partial charge in [-0.15, -0.1) is 0 Å². The molecule has 0 bridgehead atoms. The summed E-state index contributed by atoms with van der Waals surface area (Å²) in [6.07, 6.45) is 7.11. The van der Waals surface area contributed by atoms with E-state index < -0.39 is 0 Å². The van der Waals surface area contributed by atoms with E-state index in [9.17, 15) is 0 Å². The quantitative estimate of drug-likeness (QED) is 0.738. The smallest absolute Gasteiger partial charge is 0.170 e. The highest BCUT2D eigenvalue weighted by Crippen LogP contribution is 2.39. The summed E-state index contributed by atoms with van der Waals surface area (Å²) < 4.78 is 5.70. The summed E-state index contributed by atoms with van der Waals surface area (Å²) in [5, 5.41) is 4.08. The summed E-state index contributed by atoms with van der Waals surface area (Å²) in [5.74, 6) is 0.863. The molecule has 2 atom stereocenters. The van der Waals surface area contributed by atoms with Crippen molar-refractivity contribution in [3.05, 3.63) is 84.3 Å². The molecule has 1 N–H and O–H groups in total. The van der Waals surface area contributed by atoms with E-state index >= 15 is 0 Å². The van der Waals surface area contributed by atoms with Gasteiger partial charge in [-0.05, 0) is 48.1 Å². The number of hydrogen-bond donors (Lipinski definition) is 1. The van der Waals surface area contributed by atoms with Gasteiger partial charge in [0, 0.05) is 25.1 Å². The lowest BCUT2D eigenvalue weighted by Crippen LogP contribution is -2.29. The van der Waals surface area contributed by atoms with E-state index in [-0.39, 0.29) is 12.1 Å². The van der Waals surface area contributed by atoms with Crippen molar-refractivity contribution in [2.45, 2.75) is 18.6 Å². The Morgan fingerprint density at radius 3 is 2.79 bits per heavy atom. The van der Waals surface area contributed by atoms with Gasteiger partial charge in [0.05, 0.1) is 18.0 Å². The van der Waals surface area contributed by atoms with E-state index in [4.69, 9.17) is 16.6 Å². The zero-order chi connectivity index (χ0) is 16.4. The lowest BCUT2D eigenvalue weighted by molar-refractivity contribution is 0.267. The zero-order valence-electron chi connectivity index (χ0n) is 12.9. The van der Waals surface area contributed by atoms with Gasteiger partial charge in [-0.3, -0.25) is 9.97 Å². The van der Waals surface area contributed by atoms with Crippen LogP contribution in [-0.2, 0) is 6.54 Å². The second-order valence-corrected chi connectivity index (χ2v) is 6.02. The van der Waals surface area contributed by atoms with Crippen LogP contribution in [-0.4, -0.2) is 20.0 Å². The Balaban J connectivity index is 1.71. The summed E-state index contributed by atoms with van der Waals surface area (Å²) in [5.41, 5.74) is 2.04. The standard InChI is InChI=1S/C18H16N4OS/c24-18-21-16(14-6-1-2-9-20-14)17(15-7-4-10-23-15)22(18)12-13-5-3-8-19-11-13/h1-11,16-17H,12H2,(H,21,24)/t16-,17+/m1/s1. The number of aromatic nitrogens is 2. The monoisotopic (exact) mass is 336 g/mol. The number of furan rings is 1. The summed E-state index contributed by atoms with van der Waals surface area (Å²) >= 11 is 5.59. The number of rotatable bonds is 4. The fraction of sp³-hybridized carbons (Fsp3) is 0.167. The minimum Gasteiger partial charge on any atom is -0.467 e. The summed E-state index contributed by atoms with van der Waals surface area (Å²) in [6, 6.07) is 13.6. The van der Waals surface area contributed by atoms with E-state index in [2.05, 4.69) is 20.2 Å². The van der Waals surface area contributed by atoms with Crippen molar-refractivity contribution in [2.24, 2.45) is 0 Å². The van der Waals surface area contributed by atoms with Gasteiger partial charge < -0.3 is 14.6 Å². The van der Waals surface area contributed by atoms with Crippen LogP contribution in [0.5, 0.6) is 0 Å². The molecule has 1 saturated heterocycles. The van der Waals surface area contributed by atoms with Crippen LogP contribution >= 0.6 is 12.2 Å². The molecule has 0 saturated carbocycles. The van der Waals surface area contributed by atoms with Crippen LogP contribution in [0, 0.1) is 0 Å². The predicted molar refractivity (Wildman–Crippen MR) is 93.9 cm³/mol. The highest BCUT2D eigenvalue weighted by atomic mass is 32.1. The third-order valence-electron chi connectivity index (χ3n) is 4.11. The fourth-order valence-electron chi connectivity index (χ4n) is 3.03. The molecule has 5 nitrogen and oxygen atoms in total. The summed E-state index contributed by atoms with van der Waals surface area (Å²) in [4.78, 5) is 10.8. The first-order chi connectivity index (χ1) is 11.8. The van der Waals surface area contributed by atoms with Crippen molar-refractivity contribution < 1.29 is 4.42 Å². The average molecular weight is 336 g/mol. The van der Waals surface area contributed by atoms with Gasteiger partial charge in [0.2, 0.25) is 0 Å². The molecule has 1 fully saturated rings. The molecule has 4 heterocycles. The third kappa shape index (κ3) is 2.76. The molecule has 0 unspecified atom stereocenters. The van der Waals surface area contributed by atoms with Crippen LogP contribution in [0.1, 0.15) is 29.1 Å². The van der Waals surface area contributed by atoms with Crippen molar-refractivity contribution >= 4 is 17.3 Å². The second kappa shape index (κ2) is 6.41. The maximum absolute atomic E-state index is 5.70. The maximum atomic E-state index is 5.70. The largest absolute Gasteiger partial charge is 0.467 e. The second-order valence-electron chi connectivity index (χ2n) is 5.63. The van der Waals surface area contributed by atoms with Crippen LogP contribution in [0.25, 0.3) is 0 Å². The van der Waals surface area contributed by atoms with Gasteiger partial charge in [-0.1, -0.05) is 12.1 Å². The van der Waals surface area contributed by atoms with E-state index in [1.54, 1.807) is 18.7 Å². The minimum atomic E-state index is -0.0541. The SMILES string of the molecule is S=C1N[C@H](c2ccccn2)[C@H](c2ccco2)N1Cc1cccnc1. The molecule has 120 valence electrons. The third-order valence-corrected chi connectivity index (χ3v) is 4.46. The highest BCUT2D eigenvalue weighted by molar-refractivity contribution is 7.80. The number of pyridine rings is 2. The normalized spacial score (nSPS) is 20.2. The fourth-order valence-corrected chi connectivity index (χ4v) is 3.34. The Hall–Kier alpha value is -2.73. The Bertz CT molecular complexity index is 808. The number of hydrogen-bond acceptors (Lipinski definition) is 4. The van der Waals surface area contributed by atoms with Gasteiger partial charge in [0.25, 0.3) is 0 Å². The predicted octanol–water partition coefficient (Wildman–Crippen LogP) is 3.24.